The number of hydrogen-bond acceptors (Lipinski definition) is 9. The first kappa shape index (κ1) is 49.4. The van der Waals surface area contributed by atoms with Gasteiger partial charge in [0.2, 0.25) is 0 Å². The minimum absolute atomic E-state index is 0.116. The molecule has 6 unspecified atom stereocenters. The number of hydrogen-bond donors (Lipinski definition) is 4. The summed E-state index contributed by atoms with van der Waals surface area (Å²) in [5.74, 6) is -0.323. The standard InChI is InChI=1S/C44H80O9/c1-3-5-7-9-11-13-15-17-18-19-20-21-23-25-27-29-31-33-40(46)52-38(37-51-44-43(49)42(48)41(47)39(35-45)53-44)36-50-34-32-30-28-26-24-22-16-14-12-10-8-6-4-2/h5,7,11,13,17-18,38-39,41-45,47-49H,3-4,6,8-10,12,14-16,19-37H2,1-2H3/b7-5-,13-11-,18-17-. The van der Waals surface area contributed by atoms with Gasteiger partial charge in [0, 0.05) is 13.0 Å². The van der Waals surface area contributed by atoms with Crippen LogP contribution in [0, 0.1) is 0 Å². The molecular formula is C44H80O9. The first-order chi connectivity index (χ1) is 25.9. The summed E-state index contributed by atoms with van der Waals surface area (Å²) in [6.07, 6.45) is 34.5. The van der Waals surface area contributed by atoms with E-state index in [1.165, 1.54) is 89.9 Å². The molecule has 1 aliphatic rings. The minimum Gasteiger partial charge on any atom is -0.457 e. The topological polar surface area (TPSA) is 135 Å². The maximum atomic E-state index is 12.7. The number of aliphatic hydroxyl groups excluding tert-OH is 4. The average Bonchev–Trinajstić information content (AvgIpc) is 3.16. The lowest BCUT2D eigenvalue weighted by molar-refractivity contribution is -0.305. The average molecular weight is 753 g/mol. The molecule has 0 bridgehead atoms. The quantitative estimate of drug-likeness (QED) is 0.0281. The van der Waals surface area contributed by atoms with Gasteiger partial charge in [-0.25, -0.2) is 0 Å². The Kier molecular flexibility index (Phi) is 33.6. The maximum Gasteiger partial charge on any atom is 0.306 e. The van der Waals surface area contributed by atoms with E-state index in [4.69, 9.17) is 18.9 Å². The highest BCUT2D eigenvalue weighted by Crippen LogP contribution is 2.22. The largest absolute Gasteiger partial charge is 0.457 e. The molecule has 0 amide bonds. The van der Waals surface area contributed by atoms with Crippen LogP contribution in [0.3, 0.4) is 0 Å². The third-order valence-electron chi connectivity index (χ3n) is 9.82. The minimum atomic E-state index is -1.54. The third-order valence-corrected chi connectivity index (χ3v) is 9.82. The number of allylic oxidation sites excluding steroid dienone is 6. The van der Waals surface area contributed by atoms with Gasteiger partial charge in [0.15, 0.2) is 6.29 Å². The Morgan fingerprint density at radius 3 is 1.74 bits per heavy atom. The zero-order valence-electron chi connectivity index (χ0n) is 33.8. The third kappa shape index (κ3) is 27.6. The zero-order valence-corrected chi connectivity index (χ0v) is 33.8. The van der Waals surface area contributed by atoms with Crippen molar-refractivity contribution in [3.63, 3.8) is 0 Å². The Morgan fingerprint density at radius 1 is 0.623 bits per heavy atom. The Bertz CT molecular complexity index is 905. The smallest absolute Gasteiger partial charge is 0.306 e. The van der Waals surface area contributed by atoms with E-state index in [1.54, 1.807) is 0 Å². The first-order valence-corrected chi connectivity index (χ1v) is 21.6. The second-order valence-electron chi connectivity index (χ2n) is 14.8. The summed E-state index contributed by atoms with van der Waals surface area (Å²) in [6.45, 7) is 4.44. The van der Waals surface area contributed by atoms with Gasteiger partial charge in [-0.2, -0.15) is 0 Å². The Labute approximate surface area is 323 Å². The normalized spacial score (nSPS) is 21.4. The molecule has 0 saturated carbocycles. The van der Waals surface area contributed by atoms with Crippen molar-refractivity contribution in [1.82, 2.24) is 0 Å². The Balaban J connectivity index is 2.28. The highest BCUT2D eigenvalue weighted by Gasteiger charge is 2.44. The van der Waals surface area contributed by atoms with E-state index < -0.39 is 43.4 Å². The van der Waals surface area contributed by atoms with Crippen molar-refractivity contribution in [3.8, 4) is 0 Å². The van der Waals surface area contributed by atoms with Gasteiger partial charge in [0.05, 0.1) is 19.8 Å². The van der Waals surface area contributed by atoms with Gasteiger partial charge in [-0.1, -0.05) is 159 Å². The molecule has 0 aliphatic carbocycles. The van der Waals surface area contributed by atoms with Crippen LogP contribution in [0.25, 0.3) is 0 Å². The second kappa shape index (κ2) is 36.1. The Hall–Kier alpha value is -1.59. The van der Waals surface area contributed by atoms with Crippen LogP contribution in [0.15, 0.2) is 36.5 Å². The molecule has 310 valence electrons. The van der Waals surface area contributed by atoms with E-state index in [9.17, 15) is 25.2 Å². The number of carbonyl (C=O) groups is 1. The molecule has 0 spiro atoms. The Morgan fingerprint density at radius 2 is 1.15 bits per heavy atom. The molecule has 53 heavy (non-hydrogen) atoms. The fourth-order valence-corrected chi connectivity index (χ4v) is 6.45. The highest BCUT2D eigenvalue weighted by molar-refractivity contribution is 5.69. The van der Waals surface area contributed by atoms with Gasteiger partial charge in [-0.3, -0.25) is 4.79 Å². The number of aliphatic hydroxyl groups is 4. The van der Waals surface area contributed by atoms with E-state index in [2.05, 4.69) is 50.3 Å². The summed E-state index contributed by atoms with van der Waals surface area (Å²) in [5.41, 5.74) is 0. The molecule has 6 atom stereocenters. The number of rotatable bonds is 36. The van der Waals surface area contributed by atoms with Crippen LogP contribution >= 0.6 is 0 Å². The molecule has 1 aliphatic heterocycles. The van der Waals surface area contributed by atoms with Gasteiger partial charge < -0.3 is 39.4 Å². The molecule has 4 N–H and O–H groups in total. The van der Waals surface area contributed by atoms with Gasteiger partial charge in [-0.15, -0.1) is 0 Å². The molecule has 0 radical (unpaired) electrons. The van der Waals surface area contributed by atoms with Crippen molar-refractivity contribution in [3.05, 3.63) is 36.5 Å². The van der Waals surface area contributed by atoms with Crippen LogP contribution in [0.4, 0.5) is 0 Å². The summed E-state index contributed by atoms with van der Waals surface area (Å²) in [7, 11) is 0. The fraction of sp³-hybridized carbons (Fsp3) is 0.841. The van der Waals surface area contributed by atoms with Crippen LogP contribution in [-0.2, 0) is 23.7 Å². The fourth-order valence-electron chi connectivity index (χ4n) is 6.45. The van der Waals surface area contributed by atoms with Crippen molar-refractivity contribution in [2.45, 2.75) is 211 Å². The van der Waals surface area contributed by atoms with Crippen LogP contribution in [0.1, 0.15) is 174 Å². The van der Waals surface area contributed by atoms with E-state index in [1.807, 2.05) is 0 Å². The van der Waals surface area contributed by atoms with Crippen molar-refractivity contribution < 1.29 is 44.2 Å². The molecule has 1 fully saturated rings. The van der Waals surface area contributed by atoms with Gasteiger partial charge in [0.25, 0.3) is 0 Å². The first-order valence-electron chi connectivity index (χ1n) is 21.6. The molecule has 9 heteroatoms. The van der Waals surface area contributed by atoms with Gasteiger partial charge in [-0.05, 0) is 44.9 Å². The van der Waals surface area contributed by atoms with E-state index >= 15 is 0 Å². The summed E-state index contributed by atoms with van der Waals surface area (Å²) in [6, 6.07) is 0. The molecule has 0 aromatic carbocycles. The van der Waals surface area contributed by atoms with Gasteiger partial charge >= 0.3 is 5.97 Å². The highest BCUT2D eigenvalue weighted by atomic mass is 16.7. The summed E-state index contributed by atoms with van der Waals surface area (Å²) < 4.78 is 22.8. The lowest BCUT2D eigenvalue weighted by atomic mass is 9.99. The predicted molar refractivity (Wildman–Crippen MR) is 215 cm³/mol. The summed E-state index contributed by atoms with van der Waals surface area (Å²) in [5, 5.41) is 40.0. The number of unbranched alkanes of at least 4 members (excludes halogenated alkanes) is 19. The SMILES string of the molecule is CC/C=C\C/C=C\C/C=C\CCCCCCCCCC(=O)OC(COCCCCCCCCCCCCCCC)COC1OC(CO)C(O)C(O)C1O. The summed E-state index contributed by atoms with van der Waals surface area (Å²) >= 11 is 0. The van der Waals surface area contributed by atoms with Crippen molar-refractivity contribution in [1.29, 1.82) is 0 Å². The second-order valence-corrected chi connectivity index (χ2v) is 14.8. The summed E-state index contributed by atoms with van der Waals surface area (Å²) in [4.78, 5) is 12.7. The van der Waals surface area contributed by atoms with Crippen LogP contribution < -0.4 is 0 Å². The van der Waals surface area contributed by atoms with E-state index in [0.29, 0.717) is 13.0 Å². The number of esters is 1. The molecule has 0 aromatic rings. The number of carbonyl (C=O) groups excluding carboxylic acids is 1. The molecule has 9 nitrogen and oxygen atoms in total. The van der Waals surface area contributed by atoms with Crippen LogP contribution in [-0.4, -0.2) is 89.6 Å². The molecule has 1 rings (SSSR count). The lowest BCUT2D eigenvalue weighted by Gasteiger charge is -2.39. The predicted octanol–water partition coefficient (Wildman–Crippen LogP) is 9.19. The lowest BCUT2D eigenvalue weighted by Crippen LogP contribution is -2.59. The van der Waals surface area contributed by atoms with Crippen LogP contribution in [0.2, 0.25) is 0 Å². The molecule has 1 heterocycles. The molecule has 1 saturated heterocycles. The van der Waals surface area contributed by atoms with Crippen molar-refractivity contribution in [2.24, 2.45) is 0 Å². The van der Waals surface area contributed by atoms with E-state index in [-0.39, 0.29) is 19.2 Å². The zero-order chi connectivity index (χ0) is 38.6. The van der Waals surface area contributed by atoms with Gasteiger partial charge in [0.1, 0.15) is 30.5 Å². The monoisotopic (exact) mass is 753 g/mol. The van der Waals surface area contributed by atoms with E-state index in [0.717, 1.165) is 64.2 Å². The molecular weight excluding hydrogens is 672 g/mol. The van der Waals surface area contributed by atoms with Crippen LogP contribution in [0.5, 0.6) is 0 Å². The van der Waals surface area contributed by atoms with Crippen molar-refractivity contribution >= 4 is 5.97 Å². The maximum absolute atomic E-state index is 12.7. The van der Waals surface area contributed by atoms with Crippen molar-refractivity contribution in [2.75, 3.05) is 26.4 Å². The number of ether oxygens (including phenoxy) is 4. The molecule has 0 aromatic heterocycles.